The van der Waals surface area contributed by atoms with Gasteiger partial charge in [0.1, 0.15) is 40.7 Å². The zero-order valence-electron chi connectivity index (χ0n) is 24.1. The summed E-state index contributed by atoms with van der Waals surface area (Å²) >= 11 is 0. The van der Waals surface area contributed by atoms with Crippen LogP contribution in [0.15, 0.2) is 36.1 Å². The highest BCUT2D eigenvalue weighted by atomic mass is 19.1. The second kappa shape index (κ2) is 16.1. The summed E-state index contributed by atoms with van der Waals surface area (Å²) in [6, 6.07) is 0.812. The highest BCUT2D eigenvalue weighted by Crippen LogP contribution is 2.10. The summed E-state index contributed by atoms with van der Waals surface area (Å²) in [5.41, 5.74) is -1.24. The zero-order valence-corrected chi connectivity index (χ0v) is 24.1. The Balaban J connectivity index is 2.84. The Hall–Kier alpha value is -4.09. The van der Waals surface area contributed by atoms with Gasteiger partial charge in [0, 0.05) is 12.5 Å². The topological polar surface area (TPSA) is 153 Å². The summed E-state index contributed by atoms with van der Waals surface area (Å²) in [7, 11) is 0. The minimum absolute atomic E-state index is 0.00128. The maximum atomic E-state index is 14.2. The van der Waals surface area contributed by atoms with Crippen molar-refractivity contribution in [1.29, 1.82) is 0 Å². The molecule has 0 fully saturated rings. The number of carbonyl (C=O) groups excluding carboxylic acids is 5. The summed E-state index contributed by atoms with van der Waals surface area (Å²) < 4.78 is 24.7. The fourth-order valence-electron chi connectivity index (χ4n) is 3.11. The fourth-order valence-corrected chi connectivity index (χ4v) is 3.11. The number of pyridine rings is 1. The second-order valence-corrected chi connectivity index (χ2v) is 9.97. The van der Waals surface area contributed by atoms with Crippen LogP contribution in [0.25, 0.3) is 0 Å². The SMILES string of the molecule is C/C=C(\NC(=O)c1cc(F)cc(CNC(=O)OC(C)(C)C)n1)C(=O)N[C@@H](C)C(=O)O[C@H](/C=C/CCC)CC(C)=O. The van der Waals surface area contributed by atoms with Crippen LogP contribution in [-0.4, -0.2) is 52.4 Å². The third-order valence-corrected chi connectivity index (χ3v) is 4.93. The van der Waals surface area contributed by atoms with E-state index < -0.39 is 47.4 Å². The highest BCUT2D eigenvalue weighted by Gasteiger charge is 2.24. The molecule has 0 aliphatic rings. The predicted molar refractivity (Wildman–Crippen MR) is 145 cm³/mol. The molecule has 11 nitrogen and oxygen atoms in total. The van der Waals surface area contributed by atoms with Crippen LogP contribution in [0.1, 0.15) is 83.9 Å². The van der Waals surface area contributed by atoms with Gasteiger partial charge in [0.05, 0.1) is 12.2 Å². The van der Waals surface area contributed by atoms with Crippen LogP contribution in [0.2, 0.25) is 0 Å². The lowest BCUT2D eigenvalue weighted by Gasteiger charge is -2.19. The van der Waals surface area contributed by atoms with Crippen molar-refractivity contribution in [3.05, 3.63) is 53.3 Å². The monoisotopic (exact) mass is 562 g/mol. The number of nitrogens with one attached hydrogen (secondary N) is 3. The number of alkyl carbamates (subject to hydrolysis) is 1. The first kappa shape index (κ1) is 33.9. The van der Waals surface area contributed by atoms with Gasteiger partial charge >= 0.3 is 12.1 Å². The number of carbonyl (C=O) groups is 5. The number of allylic oxidation sites excluding steroid dienone is 2. The summed E-state index contributed by atoms with van der Waals surface area (Å²) in [6.45, 7) is 11.1. The van der Waals surface area contributed by atoms with Crippen molar-refractivity contribution in [2.45, 2.75) is 92.0 Å². The highest BCUT2D eigenvalue weighted by molar-refractivity contribution is 6.02. The van der Waals surface area contributed by atoms with E-state index in [9.17, 15) is 28.4 Å². The Bertz CT molecular complexity index is 1140. The molecule has 0 saturated carbocycles. The molecule has 1 aromatic heterocycles. The zero-order chi connectivity index (χ0) is 30.5. The Labute approximate surface area is 234 Å². The molecule has 0 unspecified atom stereocenters. The van der Waals surface area contributed by atoms with Crippen LogP contribution in [-0.2, 0) is 30.4 Å². The van der Waals surface area contributed by atoms with Crippen molar-refractivity contribution in [2.75, 3.05) is 0 Å². The summed E-state index contributed by atoms with van der Waals surface area (Å²) in [6.07, 6.45) is 4.88. The molecule has 1 rings (SSSR count). The van der Waals surface area contributed by atoms with E-state index in [1.807, 2.05) is 13.0 Å². The molecule has 0 radical (unpaired) electrons. The van der Waals surface area contributed by atoms with E-state index in [0.717, 1.165) is 25.0 Å². The fraction of sp³-hybridized carbons (Fsp3) is 0.500. The Morgan fingerprint density at radius 2 is 1.82 bits per heavy atom. The second-order valence-electron chi connectivity index (χ2n) is 9.97. The van der Waals surface area contributed by atoms with Gasteiger partial charge in [-0.15, -0.1) is 0 Å². The number of nitrogens with zero attached hydrogens (tertiary/aromatic N) is 1. The third kappa shape index (κ3) is 13.1. The van der Waals surface area contributed by atoms with E-state index in [2.05, 4.69) is 20.9 Å². The molecular formula is C28H39FN4O7. The van der Waals surface area contributed by atoms with Gasteiger partial charge in [0.2, 0.25) is 0 Å². The smallest absolute Gasteiger partial charge is 0.407 e. The molecule has 0 aromatic carbocycles. The molecule has 0 saturated heterocycles. The van der Waals surface area contributed by atoms with Gasteiger partial charge in [-0.25, -0.2) is 19.0 Å². The van der Waals surface area contributed by atoms with Crippen molar-refractivity contribution in [3.8, 4) is 0 Å². The maximum absolute atomic E-state index is 14.2. The molecule has 0 aliphatic heterocycles. The number of ether oxygens (including phenoxy) is 2. The van der Waals surface area contributed by atoms with E-state index in [1.54, 1.807) is 26.8 Å². The molecule has 1 aromatic rings. The predicted octanol–water partition coefficient (Wildman–Crippen LogP) is 3.63. The van der Waals surface area contributed by atoms with Gasteiger partial charge in [-0.1, -0.05) is 25.5 Å². The van der Waals surface area contributed by atoms with Gasteiger partial charge in [-0.05, 0) is 60.1 Å². The van der Waals surface area contributed by atoms with Crippen LogP contribution < -0.4 is 16.0 Å². The molecular weight excluding hydrogens is 523 g/mol. The first-order valence-electron chi connectivity index (χ1n) is 12.9. The van der Waals surface area contributed by atoms with E-state index >= 15 is 0 Å². The number of unbranched alkanes of at least 4 members (excludes halogenated alkanes) is 1. The number of rotatable bonds is 13. The van der Waals surface area contributed by atoms with E-state index in [-0.39, 0.29) is 35.8 Å². The number of ketones is 1. The first-order chi connectivity index (χ1) is 18.6. The Kier molecular flexibility index (Phi) is 13.7. The van der Waals surface area contributed by atoms with Gasteiger partial charge in [0.15, 0.2) is 0 Å². The van der Waals surface area contributed by atoms with Crippen LogP contribution in [0.4, 0.5) is 9.18 Å². The average Bonchev–Trinajstić information content (AvgIpc) is 2.84. The van der Waals surface area contributed by atoms with E-state index in [0.29, 0.717) is 0 Å². The number of aromatic nitrogens is 1. The lowest BCUT2D eigenvalue weighted by atomic mass is 10.1. The molecule has 12 heteroatoms. The van der Waals surface area contributed by atoms with E-state index in [1.165, 1.54) is 26.8 Å². The van der Waals surface area contributed by atoms with Gasteiger partial charge in [-0.3, -0.25) is 14.4 Å². The molecule has 0 aliphatic carbocycles. The number of Topliss-reactive ketones (excluding diaryl/α,β-unsaturated/α-hetero) is 1. The lowest BCUT2D eigenvalue weighted by molar-refractivity contribution is -0.150. The molecule has 0 spiro atoms. The van der Waals surface area contributed by atoms with Gasteiger partial charge in [0.25, 0.3) is 11.8 Å². The van der Waals surface area contributed by atoms with Crippen molar-refractivity contribution in [3.63, 3.8) is 0 Å². The number of esters is 1. The number of hydrogen-bond donors (Lipinski definition) is 3. The quantitative estimate of drug-likeness (QED) is 0.187. The molecule has 2 atom stereocenters. The van der Waals surface area contributed by atoms with Crippen molar-refractivity contribution >= 4 is 29.7 Å². The summed E-state index contributed by atoms with van der Waals surface area (Å²) in [5.74, 6) is -3.40. The van der Waals surface area contributed by atoms with Gasteiger partial charge < -0.3 is 25.4 Å². The molecule has 40 heavy (non-hydrogen) atoms. The standard InChI is InChI=1S/C28H39FN4O7/c1-8-10-11-12-21(13-17(3)34)39-26(37)18(4)31-24(35)22(9-2)33-25(36)23-15-19(29)14-20(32-23)16-30-27(38)40-28(5,6)7/h9,11-12,14-15,18,21H,8,10,13,16H2,1-7H3,(H,30,38)(H,31,35)(H,33,36)/b12-11+,22-9-/t18-,21+/m0/s1. The molecule has 3 amide bonds. The van der Waals surface area contributed by atoms with E-state index in [4.69, 9.17) is 9.47 Å². The maximum Gasteiger partial charge on any atom is 0.407 e. The summed E-state index contributed by atoms with van der Waals surface area (Å²) in [5, 5.41) is 7.19. The molecule has 0 bridgehead atoms. The van der Waals surface area contributed by atoms with Crippen molar-refractivity contribution < 1.29 is 37.8 Å². The van der Waals surface area contributed by atoms with Crippen LogP contribution in [0, 0.1) is 5.82 Å². The normalized spacial score (nSPS) is 13.2. The Morgan fingerprint density at radius 1 is 1.15 bits per heavy atom. The molecule has 220 valence electrons. The lowest BCUT2D eigenvalue weighted by Crippen LogP contribution is -2.44. The average molecular weight is 563 g/mol. The number of hydrogen-bond acceptors (Lipinski definition) is 8. The summed E-state index contributed by atoms with van der Waals surface area (Å²) in [4.78, 5) is 65.4. The molecule has 3 N–H and O–H groups in total. The number of halogens is 1. The minimum Gasteiger partial charge on any atom is -0.456 e. The largest absolute Gasteiger partial charge is 0.456 e. The molecule has 1 heterocycles. The Morgan fingerprint density at radius 3 is 2.40 bits per heavy atom. The van der Waals surface area contributed by atoms with Crippen LogP contribution >= 0.6 is 0 Å². The number of amides is 3. The first-order valence-corrected chi connectivity index (χ1v) is 12.9. The van der Waals surface area contributed by atoms with Crippen LogP contribution in [0.3, 0.4) is 0 Å². The third-order valence-electron chi connectivity index (χ3n) is 4.93. The van der Waals surface area contributed by atoms with Crippen LogP contribution in [0.5, 0.6) is 0 Å². The van der Waals surface area contributed by atoms with Crippen molar-refractivity contribution in [1.82, 2.24) is 20.9 Å². The minimum atomic E-state index is -1.11. The van der Waals surface area contributed by atoms with Crippen molar-refractivity contribution in [2.24, 2.45) is 0 Å². The van der Waals surface area contributed by atoms with Gasteiger partial charge in [-0.2, -0.15) is 0 Å².